The van der Waals surface area contributed by atoms with Crippen LogP contribution in [0.25, 0.3) is 21.9 Å². The first-order valence-electron chi connectivity index (χ1n) is 7.45. The highest BCUT2D eigenvalue weighted by Gasteiger charge is 2.23. The van der Waals surface area contributed by atoms with Crippen molar-refractivity contribution in [2.75, 3.05) is 0 Å². The average molecular weight is 298 g/mol. The van der Waals surface area contributed by atoms with Gasteiger partial charge in [0.1, 0.15) is 11.2 Å². The molecule has 3 aromatic rings. The average Bonchev–Trinajstić information content (AvgIpc) is 3.02. The second kappa shape index (κ2) is 4.20. The highest BCUT2D eigenvalue weighted by Crippen LogP contribution is 2.37. The number of aryl methyl sites for hydroxylation is 1. The molecular formula is C18H18O2S. The van der Waals surface area contributed by atoms with Gasteiger partial charge >= 0.3 is 0 Å². The smallest absolute Gasteiger partial charge is 0.194 e. The maximum Gasteiger partial charge on any atom is 0.194 e. The molecule has 1 aromatic carbocycles. The van der Waals surface area contributed by atoms with Gasteiger partial charge in [-0.05, 0) is 48.5 Å². The molecule has 0 fully saturated rings. The lowest BCUT2D eigenvalue weighted by Crippen LogP contribution is -2.09. The first-order valence-corrected chi connectivity index (χ1v) is 7.86. The third-order valence-electron chi connectivity index (χ3n) is 4.48. The second-order valence-electron chi connectivity index (χ2n) is 6.94. The molecule has 2 aromatic heterocycles. The zero-order valence-electron chi connectivity index (χ0n) is 12.6. The van der Waals surface area contributed by atoms with Crippen molar-refractivity contribution in [2.45, 2.75) is 45.4 Å². The maximum absolute atomic E-state index is 5.86. The minimum atomic E-state index is 0.0667. The predicted octanol–water partition coefficient (Wildman–Crippen LogP) is 5.69. The molecule has 0 saturated heterocycles. The van der Waals surface area contributed by atoms with Gasteiger partial charge in [0.05, 0.1) is 6.26 Å². The Balaban J connectivity index is 2.13. The summed E-state index contributed by atoms with van der Waals surface area (Å²) in [6.45, 7) is 6.63. The van der Waals surface area contributed by atoms with E-state index in [0.717, 1.165) is 24.0 Å². The number of fused-ring (bicyclic) bond motifs is 4. The van der Waals surface area contributed by atoms with Crippen molar-refractivity contribution < 1.29 is 8.83 Å². The van der Waals surface area contributed by atoms with E-state index in [9.17, 15) is 0 Å². The predicted molar refractivity (Wildman–Crippen MR) is 87.5 cm³/mol. The van der Waals surface area contributed by atoms with Crippen molar-refractivity contribution in [1.82, 2.24) is 0 Å². The van der Waals surface area contributed by atoms with Gasteiger partial charge in [0, 0.05) is 28.0 Å². The number of furan rings is 1. The third-order valence-corrected chi connectivity index (χ3v) is 4.81. The van der Waals surface area contributed by atoms with Gasteiger partial charge in [-0.25, -0.2) is 0 Å². The first-order chi connectivity index (χ1) is 9.95. The Morgan fingerprint density at radius 1 is 1.00 bits per heavy atom. The van der Waals surface area contributed by atoms with Gasteiger partial charge in [0.15, 0.2) is 4.71 Å². The molecule has 0 bridgehead atoms. The van der Waals surface area contributed by atoms with Gasteiger partial charge in [-0.15, -0.1) is 0 Å². The van der Waals surface area contributed by atoms with Crippen LogP contribution in [0.2, 0.25) is 0 Å². The van der Waals surface area contributed by atoms with Gasteiger partial charge in [0.25, 0.3) is 0 Å². The van der Waals surface area contributed by atoms with Crippen LogP contribution >= 0.6 is 12.2 Å². The first kappa shape index (κ1) is 13.1. The summed E-state index contributed by atoms with van der Waals surface area (Å²) in [5.74, 6) is 0. The second-order valence-corrected chi connectivity index (χ2v) is 7.31. The molecule has 0 N–H and O–H groups in total. The van der Waals surface area contributed by atoms with Crippen LogP contribution in [0.3, 0.4) is 0 Å². The minimum absolute atomic E-state index is 0.0667. The van der Waals surface area contributed by atoms with E-state index in [4.69, 9.17) is 21.1 Å². The Morgan fingerprint density at radius 2 is 1.76 bits per heavy atom. The van der Waals surface area contributed by atoms with Gasteiger partial charge in [-0.2, -0.15) is 0 Å². The van der Waals surface area contributed by atoms with Crippen LogP contribution in [0.15, 0.2) is 27.2 Å². The molecule has 21 heavy (non-hydrogen) atoms. The fourth-order valence-corrected chi connectivity index (χ4v) is 3.70. The van der Waals surface area contributed by atoms with Crippen LogP contribution in [0.1, 0.15) is 43.9 Å². The van der Waals surface area contributed by atoms with Crippen molar-refractivity contribution in [3.05, 3.63) is 39.8 Å². The van der Waals surface area contributed by atoms with E-state index < -0.39 is 0 Å². The molecule has 0 radical (unpaired) electrons. The highest BCUT2D eigenvalue weighted by molar-refractivity contribution is 7.71. The van der Waals surface area contributed by atoms with Crippen molar-refractivity contribution in [2.24, 2.45) is 0 Å². The largest absolute Gasteiger partial charge is 0.464 e. The van der Waals surface area contributed by atoms with E-state index in [0.29, 0.717) is 4.71 Å². The summed E-state index contributed by atoms with van der Waals surface area (Å²) in [5.41, 5.74) is 5.65. The molecule has 4 rings (SSSR count). The lowest BCUT2D eigenvalue weighted by Gasteiger charge is -2.16. The zero-order valence-corrected chi connectivity index (χ0v) is 13.4. The van der Waals surface area contributed by atoms with Gasteiger partial charge < -0.3 is 8.83 Å². The molecule has 108 valence electrons. The summed E-state index contributed by atoms with van der Waals surface area (Å²) >= 11 is 5.40. The molecule has 3 heteroatoms. The summed E-state index contributed by atoms with van der Waals surface area (Å²) < 4.78 is 12.3. The minimum Gasteiger partial charge on any atom is -0.464 e. The molecule has 1 aliphatic carbocycles. The van der Waals surface area contributed by atoms with Crippen LogP contribution in [0, 0.1) is 4.71 Å². The maximum atomic E-state index is 5.86. The summed E-state index contributed by atoms with van der Waals surface area (Å²) in [6, 6.07) is 4.23. The normalized spacial score (nSPS) is 15.0. The summed E-state index contributed by atoms with van der Waals surface area (Å²) in [5, 5.41) is 2.40. The van der Waals surface area contributed by atoms with Gasteiger partial charge in [-0.1, -0.05) is 20.8 Å². The number of rotatable bonds is 0. The van der Waals surface area contributed by atoms with Crippen LogP contribution in [0.4, 0.5) is 0 Å². The number of hydrogen-bond donors (Lipinski definition) is 0. The molecule has 2 heterocycles. The summed E-state index contributed by atoms with van der Waals surface area (Å²) in [7, 11) is 0. The standard InChI is InChI=1S/C18H18O2S/c1-18(2,3)14-9-19-15-8-16-12(7-13(14)15)10-5-4-6-11(10)17(21)20-16/h7-9H,4-6H2,1-3H3. The molecule has 0 atom stereocenters. The molecule has 0 saturated carbocycles. The van der Waals surface area contributed by atoms with Gasteiger partial charge in [0.2, 0.25) is 0 Å². The van der Waals surface area contributed by atoms with Crippen LogP contribution in [-0.2, 0) is 18.3 Å². The molecule has 0 spiro atoms. The van der Waals surface area contributed by atoms with E-state index in [-0.39, 0.29) is 5.41 Å². The van der Waals surface area contributed by atoms with Crippen molar-refractivity contribution in [3.8, 4) is 0 Å². The van der Waals surface area contributed by atoms with Crippen molar-refractivity contribution in [3.63, 3.8) is 0 Å². The monoisotopic (exact) mass is 298 g/mol. The van der Waals surface area contributed by atoms with E-state index in [2.05, 4.69) is 26.8 Å². The molecule has 0 aliphatic heterocycles. The highest BCUT2D eigenvalue weighted by atomic mass is 32.1. The zero-order chi connectivity index (χ0) is 14.8. The Kier molecular flexibility index (Phi) is 2.62. The van der Waals surface area contributed by atoms with Gasteiger partial charge in [-0.3, -0.25) is 0 Å². The molecule has 0 amide bonds. The van der Waals surface area contributed by atoms with Crippen molar-refractivity contribution >= 4 is 34.2 Å². The fraction of sp³-hybridized carbons (Fsp3) is 0.389. The topological polar surface area (TPSA) is 26.3 Å². The van der Waals surface area contributed by atoms with Crippen LogP contribution in [-0.4, -0.2) is 0 Å². The Morgan fingerprint density at radius 3 is 2.52 bits per heavy atom. The summed E-state index contributed by atoms with van der Waals surface area (Å²) in [6.07, 6.45) is 5.19. The Hall–Kier alpha value is -1.61. The molecule has 1 aliphatic rings. The number of benzene rings is 1. The SMILES string of the molecule is CC(C)(C)c1coc2cc3oc(=S)c4c(c3cc12)CCC4. The fourth-order valence-electron chi connectivity index (χ4n) is 3.38. The lowest BCUT2D eigenvalue weighted by molar-refractivity contribution is 0.556. The third kappa shape index (κ3) is 1.87. The molecular weight excluding hydrogens is 280 g/mol. The van der Waals surface area contributed by atoms with E-state index in [1.54, 1.807) is 0 Å². The lowest BCUT2D eigenvalue weighted by atomic mass is 9.86. The number of hydrogen-bond acceptors (Lipinski definition) is 3. The van der Waals surface area contributed by atoms with Crippen LogP contribution < -0.4 is 0 Å². The molecule has 2 nitrogen and oxygen atoms in total. The van der Waals surface area contributed by atoms with E-state index >= 15 is 0 Å². The Labute approximate surface area is 128 Å². The Bertz CT molecular complexity index is 922. The molecule has 0 unspecified atom stereocenters. The van der Waals surface area contributed by atoms with Crippen LogP contribution in [0.5, 0.6) is 0 Å². The van der Waals surface area contributed by atoms with E-state index in [1.807, 2.05) is 12.3 Å². The quantitative estimate of drug-likeness (QED) is 0.498. The van der Waals surface area contributed by atoms with Crippen molar-refractivity contribution in [1.29, 1.82) is 0 Å². The summed E-state index contributed by atoms with van der Waals surface area (Å²) in [4.78, 5) is 0. The van der Waals surface area contributed by atoms with E-state index in [1.165, 1.54) is 33.9 Å².